The number of rotatable bonds is 6. The summed E-state index contributed by atoms with van der Waals surface area (Å²) in [6, 6.07) is 8.28. The van der Waals surface area contributed by atoms with Gasteiger partial charge in [0.2, 0.25) is 0 Å². The molecule has 2 fully saturated rings. The number of benzene rings is 1. The van der Waals surface area contributed by atoms with E-state index >= 15 is 0 Å². The molecular weight excluding hydrogens is 294 g/mol. The molecule has 5 heteroatoms. The Morgan fingerprint density at radius 1 is 1.22 bits per heavy atom. The molecule has 2 bridgehead atoms. The fraction of sp³-hybridized carbons (Fsp3) is 0.611. The Balaban J connectivity index is 1.50. The first-order valence-electron chi connectivity index (χ1n) is 8.27. The van der Waals surface area contributed by atoms with Crippen molar-refractivity contribution < 1.29 is 19.0 Å². The Morgan fingerprint density at radius 3 is 2.52 bits per heavy atom. The standard InChI is InChI=1S/C18H25NO4/c1-19-14-9-13(10-15(19)12-22-11-14)16(20)7-8-23-18-6-4-3-5-17(18)21-2/h3-6,13-15H,7-12H2,1-2H3. The molecule has 2 aliphatic heterocycles. The molecule has 2 saturated heterocycles. The number of fused-ring (bicyclic) bond motifs is 2. The van der Waals surface area contributed by atoms with E-state index in [2.05, 4.69) is 11.9 Å². The molecule has 126 valence electrons. The zero-order chi connectivity index (χ0) is 16.2. The van der Waals surface area contributed by atoms with E-state index in [9.17, 15) is 4.79 Å². The van der Waals surface area contributed by atoms with Gasteiger partial charge in [0.25, 0.3) is 0 Å². The van der Waals surface area contributed by atoms with Crippen LogP contribution in [0.4, 0.5) is 0 Å². The summed E-state index contributed by atoms with van der Waals surface area (Å²) >= 11 is 0. The van der Waals surface area contributed by atoms with Gasteiger partial charge in [0.1, 0.15) is 5.78 Å². The Bertz CT molecular complexity index is 534. The normalized spacial score (nSPS) is 27.5. The fourth-order valence-electron chi connectivity index (χ4n) is 3.56. The SMILES string of the molecule is COc1ccccc1OCCC(=O)C1CC2COCC(C1)N2C. The number of ether oxygens (including phenoxy) is 3. The molecule has 0 radical (unpaired) electrons. The third-order valence-electron chi connectivity index (χ3n) is 5.02. The van der Waals surface area contributed by atoms with Gasteiger partial charge in [0.05, 0.1) is 26.9 Å². The number of likely N-dealkylation sites (N-methyl/N-ethyl adjacent to an activating group) is 1. The molecule has 0 aromatic heterocycles. The first kappa shape index (κ1) is 16.3. The number of morpholine rings is 1. The molecule has 2 aliphatic rings. The average molecular weight is 319 g/mol. The number of carbonyl (C=O) groups excluding carboxylic acids is 1. The topological polar surface area (TPSA) is 48.0 Å². The summed E-state index contributed by atoms with van der Waals surface area (Å²) < 4.78 is 16.6. The number of hydrogen-bond donors (Lipinski definition) is 0. The van der Waals surface area contributed by atoms with Gasteiger partial charge in [-0.05, 0) is 32.0 Å². The number of nitrogens with zero attached hydrogens (tertiary/aromatic N) is 1. The molecule has 2 heterocycles. The first-order valence-corrected chi connectivity index (χ1v) is 8.27. The second-order valence-electron chi connectivity index (χ2n) is 6.39. The largest absolute Gasteiger partial charge is 0.493 e. The van der Waals surface area contributed by atoms with Gasteiger partial charge in [-0.1, -0.05) is 12.1 Å². The quantitative estimate of drug-likeness (QED) is 0.804. The second kappa shape index (κ2) is 7.32. The highest BCUT2D eigenvalue weighted by Crippen LogP contribution is 2.31. The first-order chi connectivity index (χ1) is 11.2. The van der Waals surface area contributed by atoms with Crippen LogP contribution in [0.15, 0.2) is 24.3 Å². The van der Waals surface area contributed by atoms with Crippen LogP contribution in [-0.4, -0.2) is 56.7 Å². The lowest BCUT2D eigenvalue weighted by Gasteiger charge is -2.46. The maximum absolute atomic E-state index is 12.5. The lowest BCUT2D eigenvalue weighted by Crippen LogP contribution is -2.55. The van der Waals surface area contributed by atoms with E-state index in [0.29, 0.717) is 42.4 Å². The summed E-state index contributed by atoms with van der Waals surface area (Å²) in [5.41, 5.74) is 0. The van der Waals surface area contributed by atoms with Crippen molar-refractivity contribution in [3.05, 3.63) is 24.3 Å². The van der Waals surface area contributed by atoms with E-state index < -0.39 is 0 Å². The number of piperidine rings is 1. The van der Waals surface area contributed by atoms with Crippen LogP contribution in [0.25, 0.3) is 0 Å². The van der Waals surface area contributed by atoms with E-state index in [0.717, 1.165) is 26.1 Å². The molecule has 0 N–H and O–H groups in total. The van der Waals surface area contributed by atoms with Crippen molar-refractivity contribution in [3.8, 4) is 11.5 Å². The van der Waals surface area contributed by atoms with Gasteiger partial charge < -0.3 is 14.2 Å². The number of para-hydroxylation sites is 2. The molecule has 0 aliphatic carbocycles. The highest BCUT2D eigenvalue weighted by Gasteiger charge is 2.39. The van der Waals surface area contributed by atoms with Crippen LogP contribution in [0.3, 0.4) is 0 Å². The minimum atomic E-state index is 0.145. The molecule has 23 heavy (non-hydrogen) atoms. The Labute approximate surface area is 137 Å². The predicted molar refractivity (Wildman–Crippen MR) is 87.0 cm³/mol. The minimum Gasteiger partial charge on any atom is -0.493 e. The van der Waals surface area contributed by atoms with Crippen LogP contribution in [0.5, 0.6) is 11.5 Å². The average Bonchev–Trinajstić information content (AvgIpc) is 2.55. The number of ketones is 1. The molecule has 5 nitrogen and oxygen atoms in total. The van der Waals surface area contributed by atoms with Crippen LogP contribution >= 0.6 is 0 Å². The number of methoxy groups -OCH3 is 1. The van der Waals surface area contributed by atoms with Gasteiger partial charge in [0, 0.05) is 24.4 Å². The van der Waals surface area contributed by atoms with E-state index in [1.807, 2.05) is 24.3 Å². The van der Waals surface area contributed by atoms with Gasteiger partial charge >= 0.3 is 0 Å². The molecule has 0 spiro atoms. The van der Waals surface area contributed by atoms with Gasteiger partial charge in [-0.15, -0.1) is 0 Å². The zero-order valence-electron chi connectivity index (χ0n) is 13.9. The van der Waals surface area contributed by atoms with E-state index in [-0.39, 0.29) is 5.92 Å². The van der Waals surface area contributed by atoms with Crippen LogP contribution in [0.2, 0.25) is 0 Å². The van der Waals surface area contributed by atoms with Crippen LogP contribution in [0, 0.1) is 5.92 Å². The number of hydrogen-bond acceptors (Lipinski definition) is 5. The number of carbonyl (C=O) groups is 1. The third-order valence-corrected chi connectivity index (χ3v) is 5.02. The summed E-state index contributed by atoms with van der Waals surface area (Å²) in [6.07, 6.45) is 2.26. The highest BCUT2D eigenvalue weighted by molar-refractivity contribution is 5.81. The van der Waals surface area contributed by atoms with Crippen LogP contribution < -0.4 is 9.47 Å². The Morgan fingerprint density at radius 2 is 1.87 bits per heavy atom. The van der Waals surface area contributed by atoms with Gasteiger partial charge in [-0.2, -0.15) is 0 Å². The van der Waals surface area contributed by atoms with Crippen molar-refractivity contribution >= 4 is 5.78 Å². The lowest BCUT2D eigenvalue weighted by molar-refractivity contribution is -0.131. The predicted octanol–water partition coefficient (Wildman–Crippen LogP) is 2.14. The summed E-state index contributed by atoms with van der Waals surface area (Å²) in [5, 5.41) is 0. The molecule has 2 atom stereocenters. The molecule has 1 aromatic rings. The minimum absolute atomic E-state index is 0.145. The van der Waals surface area contributed by atoms with Crippen molar-refractivity contribution in [2.75, 3.05) is 34.0 Å². The van der Waals surface area contributed by atoms with Crippen molar-refractivity contribution in [3.63, 3.8) is 0 Å². The highest BCUT2D eigenvalue weighted by atomic mass is 16.5. The third kappa shape index (κ3) is 3.67. The summed E-state index contributed by atoms with van der Waals surface area (Å²) in [4.78, 5) is 14.9. The molecular formula is C18H25NO4. The Hall–Kier alpha value is -1.59. The smallest absolute Gasteiger partial charge is 0.161 e. The summed E-state index contributed by atoms with van der Waals surface area (Å²) in [7, 11) is 3.76. The molecule has 2 unspecified atom stereocenters. The van der Waals surface area contributed by atoms with Crippen molar-refractivity contribution in [2.24, 2.45) is 5.92 Å². The second-order valence-corrected chi connectivity index (χ2v) is 6.39. The van der Waals surface area contributed by atoms with Gasteiger partial charge in [-0.25, -0.2) is 0 Å². The molecule has 0 amide bonds. The fourth-order valence-corrected chi connectivity index (χ4v) is 3.56. The maximum Gasteiger partial charge on any atom is 0.161 e. The molecule has 1 aromatic carbocycles. The van der Waals surface area contributed by atoms with E-state index in [1.165, 1.54) is 0 Å². The van der Waals surface area contributed by atoms with Crippen molar-refractivity contribution in [2.45, 2.75) is 31.3 Å². The van der Waals surface area contributed by atoms with Gasteiger partial charge in [0.15, 0.2) is 11.5 Å². The maximum atomic E-state index is 12.5. The van der Waals surface area contributed by atoms with E-state index in [4.69, 9.17) is 14.2 Å². The van der Waals surface area contributed by atoms with Crippen LogP contribution in [0.1, 0.15) is 19.3 Å². The lowest BCUT2D eigenvalue weighted by atomic mass is 9.82. The van der Waals surface area contributed by atoms with E-state index in [1.54, 1.807) is 7.11 Å². The van der Waals surface area contributed by atoms with Gasteiger partial charge in [-0.3, -0.25) is 9.69 Å². The monoisotopic (exact) mass is 319 g/mol. The molecule has 3 rings (SSSR count). The Kier molecular flexibility index (Phi) is 5.18. The summed E-state index contributed by atoms with van der Waals surface area (Å²) in [5.74, 6) is 1.85. The summed E-state index contributed by atoms with van der Waals surface area (Å²) in [6.45, 7) is 1.89. The number of Topliss-reactive ketones (excluding diaryl/α,β-unsaturated/α-hetero) is 1. The molecule has 0 saturated carbocycles. The van der Waals surface area contributed by atoms with Crippen LogP contribution in [-0.2, 0) is 9.53 Å². The van der Waals surface area contributed by atoms with Crippen molar-refractivity contribution in [1.82, 2.24) is 4.90 Å². The van der Waals surface area contributed by atoms with Crippen molar-refractivity contribution in [1.29, 1.82) is 0 Å². The zero-order valence-corrected chi connectivity index (χ0v) is 13.9.